The van der Waals surface area contributed by atoms with E-state index in [1.807, 2.05) is 24.3 Å². The first kappa shape index (κ1) is 22.4. The molecule has 0 aliphatic carbocycles. The van der Waals surface area contributed by atoms with Gasteiger partial charge in [-0.15, -0.1) is 0 Å². The van der Waals surface area contributed by atoms with E-state index in [0.717, 1.165) is 29.3 Å². The first-order valence-electron chi connectivity index (χ1n) is 9.73. The fourth-order valence-corrected chi connectivity index (χ4v) is 4.52. The van der Waals surface area contributed by atoms with E-state index in [2.05, 4.69) is 20.8 Å². The summed E-state index contributed by atoms with van der Waals surface area (Å²) in [5, 5.41) is 0. The molecule has 30 heavy (non-hydrogen) atoms. The lowest BCUT2D eigenvalue weighted by atomic mass is 9.87. The molecule has 1 aliphatic heterocycles. The Hall–Kier alpha value is -2.29. The van der Waals surface area contributed by atoms with Crippen molar-refractivity contribution in [3.8, 4) is 0 Å². The summed E-state index contributed by atoms with van der Waals surface area (Å²) in [5.74, 6) is -1.74. The van der Waals surface area contributed by atoms with Gasteiger partial charge in [-0.05, 0) is 34.7 Å². The van der Waals surface area contributed by atoms with E-state index in [9.17, 15) is 17.6 Å². The Morgan fingerprint density at radius 2 is 1.73 bits per heavy atom. The Bertz CT molecular complexity index is 1010. The number of ether oxygens (including phenoxy) is 2. The Kier molecular flexibility index (Phi) is 6.59. The maximum absolute atomic E-state index is 14.2. The average molecular weight is 436 g/mol. The minimum Gasteiger partial charge on any atom is -0.457 e. The average Bonchev–Trinajstić information content (AvgIpc) is 2.72. The molecular formula is C22H26FNO5S. The van der Waals surface area contributed by atoms with Crippen LogP contribution in [0.5, 0.6) is 0 Å². The zero-order valence-corrected chi connectivity index (χ0v) is 18.2. The zero-order valence-electron chi connectivity index (χ0n) is 17.4. The fourth-order valence-electron chi connectivity index (χ4n) is 3.08. The van der Waals surface area contributed by atoms with Crippen LogP contribution in [0.2, 0.25) is 0 Å². The number of nitrogens with zero attached hydrogens (tertiary/aromatic N) is 1. The Morgan fingerprint density at radius 3 is 2.33 bits per heavy atom. The molecule has 2 aromatic carbocycles. The summed E-state index contributed by atoms with van der Waals surface area (Å²) in [4.78, 5) is 12.3. The van der Waals surface area contributed by atoms with Gasteiger partial charge in [-0.25, -0.2) is 17.6 Å². The molecule has 162 valence electrons. The van der Waals surface area contributed by atoms with E-state index in [1.54, 1.807) is 0 Å². The molecule has 0 radical (unpaired) electrons. The van der Waals surface area contributed by atoms with Gasteiger partial charge in [-0.1, -0.05) is 45.0 Å². The number of morpholine rings is 1. The lowest BCUT2D eigenvalue weighted by Crippen LogP contribution is -2.40. The molecule has 0 saturated carbocycles. The maximum atomic E-state index is 14.2. The minimum atomic E-state index is -3.84. The van der Waals surface area contributed by atoms with Gasteiger partial charge >= 0.3 is 5.97 Å². The van der Waals surface area contributed by atoms with Crippen LogP contribution in [0.1, 0.15) is 42.3 Å². The van der Waals surface area contributed by atoms with Crippen LogP contribution >= 0.6 is 0 Å². The lowest BCUT2D eigenvalue weighted by molar-refractivity contribution is 0.0467. The Morgan fingerprint density at radius 1 is 1.10 bits per heavy atom. The molecule has 0 bridgehead atoms. The predicted octanol–water partition coefficient (Wildman–Crippen LogP) is 3.50. The van der Waals surface area contributed by atoms with Crippen molar-refractivity contribution in [1.29, 1.82) is 0 Å². The molecule has 8 heteroatoms. The molecule has 1 fully saturated rings. The molecule has 0 spiro atoms. The molecule has 2 aromatic rings. The van der Waals surface area contributed by atoms with E-state index in [4.69, 9.17) is 9.47 Å². The summed E-state index contributed by atoms with van der Waals surface area (Å²) >= 11 is 0. The van der Waals surface area contributed by atoms with Crippen LogP contribution in [-0.4, -0.2) is 45.0 Å². The van der Waals surface area contributed by atoms with Crippen LogP contribution in [0.3, 0.4) is 0 Å². The molecule has 0 amide bonds. The largest absolute Gasteiger partial charge is 0.457 e. The van der Waals surface area contributed by atoms with E-state index < -0.39 is 27.4 Å². The second-order valence-electron chi connectivity index (χ2n) is 8.18. The number of esters is 1. The van der Waals surface area contributed by atoms with E-state index in [0.29, 0.717) is 13.2 Å². The summed E-state index contributed by atoms with van der Waals surface area (Å²) in [6.45, 7) is 7.28. The molecule has 0 N–H and O–H groups in total. The second-order valence-corrected chi connectivity index (χ2v) is 10.1. The van der Waals surface area contributed by atoms with Gasteiger partial charge in [0.1, 0.15) is 12.4 Å². The molecule has 3 rings (SSSR count). The van der Waals surface area contributed by atoms with Gasteiger partial charge in [-0.3, -0.25) is 0 Å². The number of carbonyl (C=O) groups is 1. The van der Waals surface area contributed by atoms with E-state index in [-0.39, 0.29) is 30.0 Å². The standard InChI is InChI=1S/C22H26FNO5S/c1-22(2,3)17-6-4-16(5-7-17)15-29-21(25)19-14-18(8-9-20(19)23)30(26,27)24-10-12-28-13-11-24/h4-9,14H,10-13,15H2,1-3H3. The normalized spacial score (nSPS) is 15.7. The third-order valence-electron chi connectivity index (χ3n) is 4.96. The number of hydrogen-bond acceptors (Lipinski definition) is 5. The van der Waals surface area contributed by atoms with Crippen molar-refractivity contribution in [2.24, 2.45) is 0 Å². The molecule has 0 unspecified atom stereocenters. The van der Waals surface area contributed by atoms with Gasteiger partial charge in [0.25, 0.3) is 0 Å². The molecule has 0 atom stereocenters. The molecule has 0 aromatic heterocycles. The minimum absolute atomic E-state index is 0.00471. The summed E-state index contributed by atoms with van der Waals surface area (Å²) in [6, 6.07) is 10.8. The van der Waals surface area contributed by atoms with Crippen LogP contribution in [-0.2, 0) is 31.5 Å². The van der Waals surface area contributed by atoms with Crippen LogP contribution in [0.15, 0.2) is 47.4 Å². The predicted molar refractivity (Wildman–Crippen MR) is 110 cm³/mol. The molecular weight excluding hydrogens is 409 g/mol. The van der Waals surface area contributed by atoms with Gasteiger partial charge in [0.2, 0.25) is 10.0 Å². The van der Waals surface area contributed by atoms with Crippen molar-refractivity contribution in [1.82, 2.24) is 4.31 Å². The number of halogens is 1. The third kappa shape index (κ3) is 5.06. The van der Waals surface area contributed by atoms with Crippen molar-refractivity contribution in [3.05, 3.63) is 65.0 Å². The summed E-state index contributed by atoms with van der Waals surface area (Å²) in [7, 11) is -3.84. The van der Waals surface area contributed by atoms with Gasteiger partial charge in [0.05, 0.1) is 23.7 Å². The quantitative estimate of drug-likeness (QED) is 0.672. The first-order chi connectivity index (χ1) is 14.1. The number of sulfonamides is 1. The molecule has 1 aliphatic rings. The van der Waals surface area contributed by atoms with Crippen molar-refractivity contribution in [2.45, 2.75) is 37.7 Å². The van der Waals surface area contributed by atoms with Crippen LogP contribution < -0.4 is 0 Å². The number of hydrogen-bond donors (Lipinski definition) is 0. The lowest BCUT2D eigenvalue weighted by Gasteiger charge is -2.26. The van der Waals surface area contributed by atoms with Gasteiger partial charge < -0.3 is 9.47 Å². The van der Waals surface area contributed by atoms with Crippen molar-refractivity contribution in [3.63, 3.8) is 0 Å². The van der Waals surface area contributed by atoms with Crippen LogP contribution in [0, 0.1) is 5.82 Å². The van der Waals surface area contributed by atoms with Crippen molar-refractivity contribution >= 4 is 16.0 Å². The second kappa shape index (κ2) is 8.83. The van der Waals surface area contributed by atoms with Gasteiger partial charge in [0, 0.05) is 13.1 Å². The van der Waals surface area contributed by atoms with E-state index >= 15 is 0 Å². The SMILES string of the molecule is CC(C)(C)c1ccc(COC(=O)c2cc(S(=O)(=O)N3CCOCC3)ccc2F)cc1. The van der Waals surface area contributed by atoms with Crippen molar-refractivity contribution in [2.75, 3.05) is 26.3 Å². The summed E-state index contributed by atoms with van der Waals surface area (Å²) in [6.07, 6.45) is 0. The van der Waals surface area contributed by atoms with Crippen molar-refractivity contribution < 1.29 is 27.1 Å². The van der Waals surface area contributed by atoms with Gasteiger partial charge in [-0.2, -0.15) is 4.31 Å². The monoisotopic (exact) mass is 435 g/mol. The Balaban J connectivity index is 1.73. The Labute approximate surface area is 176 Å². The highest BCUT2D eigenvalue weighted by Crippen LogP contribution is 2.23. The number of carbonyl (C=O) groups excluding carboxylic acids is 1. The zero-order chi connectivity index (χ0) is 21.9. The van der Waals surface area contributed by atoms with Crippen LogP contribution in [0.4, 0.5) is 4.39 Å². The molecule has 1 saturated heterocycles. The highest BCUT2D eigenvalue weighted by Gasteiger charge is 2.28. The van der Waals surface area contributed by atoms with Gasteiger partial charge in [0.15, 0.2) is 0 Å². The summed E-state index contributed by atoms with van der Waals surface area (Å²) < 4.78 is 51.4. The highest BCUT2D eigenvalue weighted by molar-refractivity contribution is 7.89. The molecule has 1 heterocycles. The summed E-state index contributed by atoms with van der Waals surface area (Å²) in [5.41, 5.74) is 1.50. The number of rotatable bonds is 5. The number of benzene rings is 2. The maximum Gasteiger partial charge on any atom is 0.341 e. The molecule has 6 nitrogen and oxygen atoms in total. The highest BCUT2D eigenvalue weighted by atomic mass is 32.2. The smallest absolute Gasteiger partial charge is 0.341 e. The fraction of sp³-hybridized carbons (Fsp3) is 0.409. The first-order valence-corrected chi connectivity index (χ1v) is 11.2. The topological polar surface area (TPSA) is 72.9 Å². The third-order valence-corrected chi connectivity index (χ3v) is 6.85. The van der Waals surface area contributed by atoms with E-state index in [1.165, 1.54) is 4.31 Å². The van der Waals surface area contributed by atoms with Crippen LogP contribution in [0.25, 0.3) is 0 Å².